The lowest BCUT2D eigenvalue weighted by atomic mass is 9.62. The minimum absolute atomic E-state index is 0.220. The standard InChI is InChI=1S/C25H19BrO2/c26-24-19-11-12-21(27)18-13-14-25(16-7-3-1-4-8-16,17-9-5-2-6-10-17)20(23(18)19)15-22(24)28/h1-12,15,27-28H,13-14H2. The average molecular weight is 431 g/mol. The maximum absolute atomic E-state index is 10.7. The molecule has 1 aliphatic carbocycles. The van der Waals surface area contributed by atoms with E-state index in [1.165, 1.54) is 11.1 Å². The molecule has 0 aliphatic heterocycles. The lowest BCUT2D eigenvalue weighted by molar-refractivity contribution is 0.455. The molecule has 0 saturated carbocycles. The highest BCUT2D eigenvalue weighted by Crippen LogP contribution is 2.53. The van der Waals surface area contributed by atoms with Crippen molar-refractivity contribution in [2.75, 3.05) is 0 Å². The predicted molar refractivity (Wildman–Crippen MR) is 116 cm³/mol. The van der Waals surface area contributed by atoms with Gasteiger partial charge in [0, 0.05) is 16.4 Å². The second kappa shape index (κ2) is 6.39. The van der Waals surface area contributed by atoms with Crippen molar-refractivity contribution in [1.29, 1.82) is 0 Å². The van der Waals surface area contributed by atoms with Crippen molar-refractivity contribution in [3.05, 3.63) is 106 Å². The summed E-state index contributed by atoms with van der Waals surface area (Å²) in [7, 11) is 0. The van der Waals surface area contributed by atoms with Gasteiger partial charge in [-0.05, 0) is 69.0 Å². The van der Waals surface area contributed by atoms with E-state index < -0.39 is 0 Å². The van der Waals surface area contributed by atoms with Gasteiger partial charge in [0.2, 0.25) is 0 Å². The van der Waals surface area contributed by atoms with Gasteiger partial charge in [-0.25, -0.2) is 0 Å². The molecule has 3 heteroatoms. The molecule has 1 aliphatic rings. The fourth-order valence-electron chi connectivity index (χ4n) is 4.79. The Morgan fingerprint density at radius 3 is 1.96 bits per heavy atom. The Labute approximate surface area is 172 Å². The number of phenolic OH excluding ortho intramolecular Hbond substituents is 2. The molecule has 0 atom stereocenters. The van der Waals surface area contributed by atoms with Gasteiger partial charge in [0.25, 0.3) is 0 Å². The molecule has 2 N–H and O–H groups in total. The van der Waals surface area contributed by atoms with E-state index in [4.69, 9.17) is 0 Å². The van der Waals surface area contributed by atoms with Crippen LogP contribution in [0.1, 0.15) is 28.7 Å². The van der Waals surface area contributed by atoms with Gasteiger partial charge in [0.1, 0.15) is 11.5 Å². The van der Waals surface area contributed by atoms with Gasteiger partial charge >= 0.3 is 0 Å². The smallest absolute Gasteiger partial charge is 0.130 e. The van der Waals surface area contributed by atoms with Crippen LogP contribution in [-0.2, 0) is 11.8 Å². The van der Waals surface area contributed by atoms with Crippen molar-refractivity contribution in [3.63, 3.8) is 0 Å². The van der Waals surface area contributed by atoms with E-state index >= 15 is 0 Å². The number of aryl methyl sites for hydroxylation is 1. The first-order chi connectivity index (χ1) is 13.6. The zero-order valence-corrected chi connectivity index (χ0v) is 16.8. The maximum atomic E-state index is 10.7. The highest BCUT2D eigenvalue weighted by Gasteiger charge is 2.41. The molecule has 0 unspecified atom stereocenters. The van der Waals surface area contributed by atoms with Gasteiger partial charge in [-0.2, -0.15) is 0 Å². The van der Waals surface area contributed by atoms with E-state index in [1.54, 1.807) is 6.07 Å². The molecule has 0 spiro atoms. The minimum atomic E-state index is -0.389. The monoisotopic (exact) mass is 430 g/mol. The molecule has 0 bridgehead atoms. The van der Waals surface area contributed by atoms with Crippen LogP contribution in [0.2, 0.25) is 0 Å². The van der Waals surface area contributed by atoms with E-state index in [9.17, 15) is 10.2 Å². The summed E-state index contributed by atoms with van der Waals surface area (Å²) in [4.78, 5) is 0. The average Bonchev–Trinajstić information content (AvgIpc) is 2.74. The Kier molecular flexibility index (Phi) is 3.95. The lowest BCUT2D eigenvalue weighted by Gasteiger charge is -2.40. The molecule has 0 radical (unpaired) electrons. The summed E-state index contributed by atoms with van der Waals surface area (Å²) < 4.78 is 0.671. The third-order valence-corrected chi connectivity index (χ3v) is 6.88. The summed E-state index contributed by atoms with van der Waals surface area (Å²) in [5.74, 6) is 0.540. The van der Waals surface area contributed by atoms with Crippen molar-refractivity contribution in [2.45, 2.75) is 18.3 Å². The van der Waals surface area contributed by atoms with Crippen LogP contribution in [0.3, 0.4) is 0 Å². The Morgan fingerprint density at radius 1 is 0.750 bits per heavy atom. The highest BCUT2D eigenvalue weighted by atomic mass is 79.9. The zero-order chi connectivity index (χ0) is 19.3. The molecule has 0 heterocycles. The van der Waals surface area contributed by atoms with Crippen LogP contribution in [0.5, 0.6) is 11.5 Å². The van der Waals surface area contributed by atoms with Crippen LogP contribution in [0.15, 0.2) is 83.3 Å². The molecular formula is C25H19BrO2. The first-order valence-corrected chi connectivity index (χ1v) is 10.2. The summed E-state index contributed by atoms with van der Waals surface area (Å²) in [5, 5.41) is 23.3. The first-order valence-electron chi connectivity index (χ1n) is 9.40. The van der Waals surface area contributed by atoms with Gasteiger partial charge in [-0.3, -0.25) is 0 Å². The van der Waals surface area contributed by atoms with Crippen molar-refractivity contribution in [1.82, 2.24) is 0 Å². The van der Waals surface area contributed by atoms with Crippen LogP contribution in [0, 0.1) is 0 Å². The Morgan fingerprint density at radius 2 is 1.36 bits per heavy atom. The third-order valence-electron chi connectivity index (χ3n) is 6.04. The normalized spacial score (nSPS) is 14.9. The minimum Gasteiger partial charge on any atom is -0.508 e. The lowest BCUT2D eigenvalue weighted by Crippen LogP contribution is -2.33. The van der Waals surface area contributed by atoms with E-state index in [0.717, 1.165) is 34.7 Å². The Bertz CT molecular complexity index is 1140. The van der Waals surface area contributed by atoms with E-state index in [0.29, 0.717) is 10.2 Å². The van der Waals surface area contributed by atoms with Gasteiger partial charge in [0.15, 0.2) is 0 Å². The van der Waals surface area contributed by atoms with Gasteiger partial charge in [-0.15, -0.1) is 0 Å². The molecule has 4 aromatic rings. The molecule has 0 fully saturated rings. The molecule has 5 rings (SSSR count). The van der Waals surface area contributed by atoms with E-state index in [2.05, 4.69) is 64.5 Å². The van der Waals surface area contributed by atoms with Gasteiger partial charge < -0.3 is 10.2 Å². The summed E-state index contributed by atoms with van der Waals surface area (Å²) in [6, 6.07) is 26.4. The summed E-state index contributed by atoms with van der Waals surface area (Å²) in [6.45, 7) is 0. The largest absolute Gasteiger partial charge is 0.508 e. The van der Waals surface area contributed by atoms with Crippen LogP contribution in [-0.4, -0.2) is 10.2 Å². The molecule has 0 saturated heterocycles. The van der Waals surface area contributed by atoms with Crippen molar-refractivity contribution in [3.8, 4) is 11.5 Å². The zero-order valence-electron chi connectivity index (χ0n) is 15.2. The molecule has 28 heavy (non-hydrogen) atoms. The fourth-order valence-corrected chi connectivity index (χ4v) is 5.23. The number of benzene rings is 4. The van der Waals surface area contributed by atoms with Crippen LogP contribution in [0.25, 0.3) is 10.8 Å². The number of hydrogen-bond donors (Lipinski definition) is 2. The second-order valence-corrected chi connectivity index (χ2v) is 8.17. The van der Waals surface area contributed by atoms with Gasteiger partial charge in [0.05, 0.1) is 4.47 Å². The Balaban J connectivity index is 1.97. The van der Waals surface area contributed by atoms with E-state index in [-0.39, 0.29) is 11.2 Å². The number of hydrogen-bond acceptors (Lipinski definition) is 2. The number of phenols is 2. The number of halogens is 1. The van der Waals surface area contributed by atoms with Crippen LogP contribution < -0.4 is 0 Å². The number of aromatic hydroxyl groups is 2. The summed E-state index contributed by atoms with van der Waals surface area (Å²) in [6.07, 6.45) is 1.58. The first kappa shape index (κ1) is 17.3. The predicted octanol–water partition coefficient (Wildman–Crippen LogP) is 6.29. The molecule has 2 nitrogen and oxygen atoms in total. The summed E-state index contributed by atoms with van der Waals surface area (Å²) in [5.41, 5.74) is 3.99. The molecule has 0 aromatic heterocycles. The molecule has 0 amide bonds. The van der Waals surface area contributed by atoms with Gasteiger partial charge in [-0.1, -0.05) is 60.7 Å². The maximum Gasteiger partial charge on any atom is 0.130 e. The second-order valence-electron chi connectivity index (χ2n) is 7.38. The SMILES string of the molecule is Oc1cc2c3c(c(O)ccc3c1Br)CCC2(c1ccccc1)c1ccccc1. The third kappa shape index (κ3) is 2.33. The highest BCUT2D eigenvalue weighted by molar-refractivity contribution is 9.10. The quantitative estimate of drug-likeness (QED) is 0.391. The molecule has 4 aromatic carbocycles. The fraction of sp³-hybridized carbons (Fsp3) is 0.120. The van der Waals surface area contributed by atoms with Crippen molar-refractivity contribution >= 4 is 26.7 Å². The molecular weight excluding hydrogens is 412 g/mol. The van der Waals surface area contributed by atoms with Crippen LogP contribution in [0.4, 0.5) is 0 Å². The molecule has 138 valence electrons. The number of rotatable bonds is 2. The van der Waals surface area contributed by atoms with Crippen molar-refractivity contribution < 1.29 is 10.2 Å². The topological polar surface area (TPSA) is 40.5 Å². The van der Waals surface area contributed by atoms with E-state index in [1.807, 2.05) is 24.3 Å². The van der Waals surface area contributed by atoms with Crippen molar-refractivity contribution in [2.24, 2.45) is 0 Å². The Hall–Kier alpha value is -2.78. The van der Waals surface area contributed by atoms with Crippen LogP contribution >= 0.6 is 15.9 Å². The summed E-state index contributed by atoms with van der Waals surface area (Å²) >= 11 is 3.55.